The van der Waals surface area contributed by atoms with Gasteiger partial charge in [0.15, 0.2) is 0 Å². The molecule has 80 valence electrons. The standard InChI is InChI=1S/C11H25NO/c1-6-11(7-2,10(5)13)12(8-3)9-4/h10,13H,6-9H2,1-5H3. The van der Waals surface area contributed by atoms with Gasteiger partial charge < -0.3 is 5.11 Å². The summed E-state index contributed by atoms with van der Waals surface area (Å²) >= 11 is 0. The molecule has 0 aromatic carbocycles. The molecule has 2 nitrogen and oxygen atoms in total. The molecule has 0 amide bonds. The highest BCUT2D eigenvalue weighted by atomic mass is 16.3. The quantitative estimate of drug-likeness (QED) is 0.689. The highest BCUT2D eigenvalue weighted by molar-refractivity contribution is 4.92. The number of nitrogens with zero attached hydrogens (tertiary/aromatic N) is 1. The van der Waals surface area contributed by atoms with Crippen LogP contribution in [-0.2, 0) is 0 Å². The topological polar surface area (TPSA) is 23.5 Å². The van der Waals surface area contributed by atoms with Crippen LogP contribution in [0.25, 0.3) is 0 Å². The van der Waals surface area contributed by atoms with Crippen molar-refractivity contribution in [3.63, 3.8) is 0 Å². The third-order valence-electron chi connectivity index (χ3n) is 3.40. The summed E-state index contributed by atoms with van der Waals surface area (Å²) < 4.78 is 0. The van der Waals surface area contributed by atoms with Gasteiger partial charge in [0.1, 0.15) is 0 Å². The highest BCUT2D eigenvalue weighted by Crippen LogP contribution is 2.27. The van der Waals surface area contributed by atoms with Gasteiger partial charge in [0.05, 0.1) is 6.10 Å². The van der Waals surface area contributed by atoms with Gasteiger partial charge in [-0.2, -0.15) is 0 Å². The molecule has 0 aliphatic rings. The number of aliphatic hydroxyl groups excluding tert-OH is 1. The molecule has 1 atom stereocenters. The molecule has 0 radical (unpaired) electrons. The van der Waals surface area contributed by atoms with Crippen molar-refractivity contribution in [3.8, 4) is 0 Å². The summed E-state index contributed by atoms with van der Waals surface area (Å²) in [5.41, 5.74) is -0.0104. The van der Waals surface area contributed by atoms with Crippen molar-refractivity contribution in [2.24, 2.45) is 0 Å². The third kappa shape index (κ3) is 2.44. The Morgan fingerprint density at radius 3 is 1.54 bits per heavy atom. The summed E-state index contributed by atoms with van der Waals surface area (Å²) in [6, 6.07) is 0. The van der Waals surface area contributed by atoms with Crippen LogP contribution in [0.3, 0.4) is 0 Å². The van der Waals surface area contributed by atoms with Gasteiger partial charge in [-0.3, -0.25) is 4.90 Å². The predicted octanol–water partition coefficient (Wildman–Crippen LogP) is 2.27. The predicted molar refractivity (Wildman–Crippen MR) is 57.9 cm³/mol. The molecular weight excluding hydrogens is 162 g/mol. The molecular formula is C11H25NO. The first-order valence-corrected chi connectivity index (χ1v) is 5.52. The van der Waals surface area contributed by atoms with E-state index in [9.17, 15) is 5.11 Å². The molecule has 0 aromatic heterocycles. The molecule has 0 aliphatic carbocycles. The fourth-order valence-corrected chi connectivity index (χ4v) is 2.41. The molecule has 0 saturated heterocycles. The van der Waals surface area contributed by atoms with E-state index >= 15 is 0 Å². The van der Waals surface area contributed by atoms with E-state index in [-0.39, 0.29) is 11.6 Å². The summed E-state index contributed by atoms with van der Waals surface area (Å²) in [5, 5.41) is 9.85. The summed E-state index contributed by atoms with van der Waals surface area (Å²) in [6.07, 6.45) is 1.79. The van der Waals surface area contributed by atoms with Crippen LogP contribution in [-0.4, -0.2) is 34.7 Å². The fraction of sp³-hybridized carbons (Fsp3) is 1.00. The first-order chi connectivity index (χ1) is 6.08. The maximum Gasteiger partial charge on any atom is 0.0695 e. The molecule has 0 heterocycles. The molecule has 0 rings (SSSR count). The Labute approximate surface area is 82.9 Å². The van der Waals surface area contributed by atoms with Crippen molar-refractivity contribution >= 4 is 0 Å². The Hall–Kier alpha value is -0.0800. The van der Waals surface area contributed by atoms with Gasteiger partial charge in [-0.05, 0) is 32.9 Å². The largest absolute Gasteiger partial charge is 0.391 e. The summed E-state index contributed by atoms with van der Waals surface area (Å²) in [6.45, 7) is 12.6. The third-order valence-corrected chi connectivity index (χ3v) is 3.40. The second-order valence-electron chi connectivity index (χ2n) is 3.66. The molecule has 0 aliphatic heterocycles. The van der Waals surface area contributed by atoms with E-state index in [1.54, 1.807) is 0 Å². The van der Waals surface area contributed by atoms with Gasteiger partial charge in [-0.15, -0.1) is 0 Å². The normalized spacial score (nSPS) is 15.0. The molecule has 0 spiro atoms. The van der Waals surface area contributed by atoms with Crippen LogP contribution in [0.5, 0.6) is 0 Å². The van der Waals surface area contributed by atoms with Gasteiger partial charge in [-0.25, -0.2) is 0 Å². The first kappa shape index (κ1) is 12.9. The van der Waals surface area contributed by atoms with Gasteiger partial charge in [0.2, 0.25) is 0 Å². The Bertz CT molecular complexity index is 126. The Morgan fingerprint density at radius 2 is 1.46 bits per heavy atom. The molecule has 0 aromatic rings. The molecule has 0 saturated carbocycles. The molecule has 0 fully saturated rings. The number of aliphatic hydroxyl groups is 1. The van der Waals surface area contributed by atoms with Crippen molar-refractivity contribution in [3.05, 3.63) is 0 Å². The SMILES string of the molecule is CCN(CC)C(CC)(CC)C(C)O. The van der Waals surface area contributed by atoms with Gasteiger partial charge in [-0.1, -0.05) is 27.7 Å². The average molecular weight is 187 g/mol. The van der Waals surface area contributed by atoms with Gasteiger partial charge in [0.25, 0.3) is 0 Å². The van der Waals surface area contributed by atoms with Crippen molar-refractivity contribution in [1.82, 2.24) is 4.90 Å². The van der Waals surface area contributed by atoms with Crippen molar-refractivity contribution in [2.45, 2.75) is 59.1 Å². The van der Waals surface area contributed by atoms with Crippen LogP contribution < -0.4 is 0 Å². The number of hydrogen-bond acceptors (Lipinski definition) is 2. The lowest BCUT2D eigenvalue weighted by atomic mass is 9.85. The second-order valence-corrected chi connectivity index (χ2v) is 3.66. The van der Waals surface area contributed by atoms with E-state index in [2.05, 4.69) is 32.6 Å². The first-order valence-electron chi connectivity index (χ1n) is 5.52. The zero-order valence-electron chi connectivity index (χ0n) is 9.80. The number of rotatable bonds is 6. The number of likely N-dealkylation sites (N-methyl/N-ethyl adjacent to an activating group) is 1. The molecule has 1 N–H and O–H groups in total. The lowest BCUT2D eigenvalue weighted by molar-refractivity contribution is -0.0246. The van der Waals surface area contributed by atoms with E-state index in [0.29, 0.717) is 0 Å². The van der Waals surface area contributed by atoms with Crippen LogP contribution in [0.4, 0.5) is 0 Å². The Morgan fingerprint density at radius 1 is 1.08 bits per heavy atom. The van der Waals surface area contributed by atoms with Gasteiger partial charge >= 0.3 is 0 Å². The van der Waals surface area contributed by atoms with Crippen LogP contribution >= 0.6 is 0 Å². The van der Waals surface area contributed by atoms with Crippen LogP contribution in [0.15, 0.2) is 0 Å². The smallest absolute Gasteiger partial charge is 0.0695 e. The van der Waals surface area contributed by atoms with E-state index in [1.165, 1.54) is 0 Å². The van der Waals surface area contributed by atoms with E-state index in [1.807, 2.05) is 6.92 Å². The molecule has 1 unspecified atom stereocenters. The molecule has 2 heteroatoms. The molecule has 0 bridgehead atoms. The zero-order valence-corrected chi connectivity index (χ0v) is 9.80. The minimum Gasteiger partial charge on any atom is -0.391 e. The minimum atomic E-state index is -0.248. The Balaban J connectivity index is 4.71. The van der Waals surface area contributed by atoms with E-state index in [4.69, 9.17) is 0 Å². The van der Waals surface area contributed by atoms with Crippen LogP contribution in [0.1, 0.15) is 47.5 Å². The number of hydrogen-bond donors (Lipinski definition) is 1. The zero-order chi connectivity index (χ0) is 10.5. The Kier molecular flexibility index (Phi) is 5.57. The monoisotopic (exact) mass is 187 g/mol. The second kappa shape index (κ2) is 5.61. The van der Waals surface area contributed by atoms with Crippen molar-refractivity contribution in [2.75, 3.05) is 13.1 Å². The van der Waals surface area contributed by atoms with E-state index < -0.39 is 0 Å². The maximum atomic E-state index is 9.85. The van der Waals surface area contributed by atoms with Gasteiger partial charge in [0, 0.05) is 5.54 Å². The summed E-state index contributed by atoms with van der Waals surface area (Å²) in [5.74, 6) is 0. The minimum absolute atomic E-state index is 0.0104. The average Bonchev–Trinajstić information content (AvgIpc) is 2.13. The van der Waals surface area contributed by atoms with Crippen molar-refractivity contribution < 1.29 is 5.11 Å². The lowest BCUT2D eigenvalue weighted by Crippen LogP contribution is -2.55. The van der Waals surface area contributed by atoms with Crippen LogP contribution in [0, 0.1) is 0 Å². The summed E-state index contributed by atoms with van der Waals surface area (Å²) in [7, 11) is 0. The molecule has 13 heavy (non-hydrogen) atoms. The highest BCUT2D eigenvalue weighted by Gasteiger charge is 2.36. The fourth-order valence-electron chi connectivity index (χ4n) is 2.41. The van der Waals surface area contributed by atoms with E-state index in [0.717, 1.165) is 25.9 Å². The lowest BCUT2D eigenvalue weighted by Gasteiger charge is -2.44. The summed E-state index contributed by atoms with van der Waals surface area (Å²) in [4.78, 5) is 2.37. The maximum absolute atomic E-state index is 9.85. The van der Waals surface area contributed by atoms with Crippen molar-refractivity contribution in [1.29, 1.82) is 0 Å². The van der Waals surface area contributed by atoms with Crippen LogP contribution in [0.2, 0.25) is 0 Å².